The van der Waals surface area contributed by atoms with E-state index in [1.807, 2.05) is 20.8 Å². The highest BCUT2D eigenvalue weighted by atomic mass is 16.2. The maximum absolute atomic E-state index is 11.9. The summed E-state index contributed by atoms with van der Waals surface area (Å²) in [6.07, 6.45) is 3.96. The van der Waals surface area contributed by atoms with E-state index in [2.05, 4.69) is 11.4 Å². The standard InChI is InChI=1S/C12H22N2O/c1-4-7-12(10-13,8-5-2)11(15)14-9-6-3/h4-9H2,1-3H3,(H,14,15). The summed E-state index contributed by atoms with van der Waals surface area (Å²) in [4.78, 5) is 11.9. The van der Waals surface area contributed by atoms with E-state index < -0.39 is 5.41 Å². The van der Waals surface area contributed by atoms with Crippen LogP contribution >= 0.6 is 0 Å². The zero-order chi connectivity index (χ0) is 11.7. The van der Waals surface area contributed by atoms with Gasteiger partial charge in [0.1, 0.15) is 5.41 Å². The first kappa shape index (κ1) is 14.0. The summed E-state index contributed by atoms with van der Waals surface area (Å²) >= 11 is 0. The van der Waals surface area contributed by atoms with Crippen LogP contribution in [0.5, 0.6) is 0 Å². The van der Waals surface area contributed by atoms with Gasteiger partial charge in [-0.25, -0.2) is 0 Å². The van der Waals surface area contributed by atoms with E-state index in [9.17, 15) is 10.1 Å². The van der Waals surface area contributed by atoms with E-state index in [0.29, 0.717) is 19.4 Å². The molecule has 0 spiro atoms. The molecule has 0 fully saturated rings. The molecule has 0 saturated carbocycles. The number of amides is 1. The molecule has 0 aromatic rings. The lowest BCUT2D eigenvalue weighted by Gasteiger charge is -2.24. The highest BCUT2D eigenvalue weighted by Crippen LogP contribution is 2.29. The first-order chi connectivity index (χ1) is 7.16. The fraction of sp³-hybridized carbons (Fsp3) is 0.833. The van der Waals surface area contributed by atoms with Crippen molar-refractivity contribution in [2.24, 2.45) is 5.41 Å². The first-order valence-electron chi connectivity index (χ1n) is 5.86. The summed E-state index contributed by atoms with van der Waals surface area (Å²) in [7, 11) is 0. The zero-order valence-electron chi connectivity index (χ0n) is 10.1. The third-order valence-electron chi connectivity index (χ3n) is 2.54. The van der Waals surface area contributed by atoms with Gasteiger partial charge in [0, 0.05) is 6.54 Å². The van der Waals surface area contributed by atoms with Crippen molar-refractivity contribution < 1.29 is 4.79 Å². The van der Waals surface area contributed by atoms with Crippen LogP contribution < -0.4 is 5.32 Å². The molecule has 0 unspecified atom stereocenters. The van der Waals surface area contributed by atoms with E-state index in [-0.39, 0.29) is 5.91 Å². The molecule has 0 aliphatic rings. The molecule has 0 saturated heterocycles. The van der Waals surface area contributed by atoms with Gasteiger partial charge < -0.3 is 5.32 Å². The quantitative estimate of drug-likeness (QED) is 0.702. The zero-order valence-corrected chi connectivity index (χ0v) is 10.1. The second-order valence-electron chi connectivity index (χ2n) is 3.95. The molecule has 86 valence electrons. The molecule has 0 bridgehead atoms. The van der Waals surface area contributed by atoms with Gasteiger partial charge in [0.2, 0.25) is 5.91 Å². The Labute approximate surface area is 92.9 Å². The van der Waals surface area contributed by atoms with E-state index in [1.165, 1.54) is 0 Å². The highest BCUT2D eigenvalue weighted by molar-refractivity contribution is 5.85. The predicted molar refractivity (Wildman–Crippen MR) is 61.2 cm³/mol. The minimum absolute atomic E-state index is 0.0875. The monoisotopic (exact) mass is 210 g/mol. The normalized spacial score (nSPS) is 10.8. The van der Waals surface area contributed by atoms with Crippen molar-refractivity contribution in [3.05, 3.63) is 0 Å². The van der Waals surface area contributed by atoms with Crippen molar-refractivity contribution >= 4 is 5.91 Å². The Hall–Kier alpha value is -1.04. The smallest absolute Gasteiger partial charge is 0.240 e. The lowest BCUT2D eigenvalue weighted by Crippen LogP contribution is -2.40. The minimum atomic E-state index is -0.793. The van der Waals surface area contributed by atoms with Gasteiger partial charge >= 0.3 is 0 Å². The minimum Gasteiger partial charge on any atom is -0.355 e. The van der Waals surface area contributed by atoms with Crippen LogP contribution in [0.1, 0.15) is 52.9 Å². The topological polar surface area (TPSA) is 52.9 Å². The Balaban J connectivity index is 4.58. The largest absolute Gasteiger partial charge is 0.355 e. The van der Waals surface area contributed by atoms with Gasteiger partial charge in [-0.3, -0.25) is 4.79 Å². The van der Waals surface area contributed by atoms with Crippen LogP contribution in [-0.2, 0) is 4.79 Å². The number of nitrogens with zero attached hydrogens (tertiary/aromatic N) is 1. The van der Waals surface area contributed by atoms with Crippen LogP contribution in [0, 0.1) is 16.7 Å². The van der Waals surface area contributed by atoms with Crippen LogP contribution in [0.15, 0.2) is 0 Å². The summed E-state index contributed by atoms with van der Waals surface area (Å²) in [5, 5.41) is 12.0. The summed E-state index contributed by atoms with van der Waals surface area (Å²) in [5.74, 6) is -0.0875. The van der Waals surface area contributed by atoms with Crippen LogP contribution in [-0.4, -0.2) is 12.5 Å². The van der Waals surface area contributed by atoms with Crippen molar-refractivity contribution in [1.82, 2.24) is 5.32 Å². The van der Waals surface area contributed by atoms with Crippen molar-refractivity contribution in [3.63, 3.8) is 0 Å². The Morgan fingerprint density at radius 3 is 2.07 bits per heavy atom. The molecule has 1 amide bonds. The molecular formula is C12H22N2O. The van der Waals surface area contributed by atoms with E-state index >= 15 is 0 Å². The average molecular weight is 210 g/mol. The van der Waals surface area contributed by atoms with Crippen LogP contribution in [0.4, 0.5) is 0 Å². The fourth-order valence-corrected chi connectivity index (χ4v) is 1.78. The molecule has 0 heterocycles. The van der Waals surface area contributed by atoms with Gasteiger partial charge in [0.15, 0.2) is 0 Å². The number of rotatable bonds is 7. The molecule has 0 aliphatic heterocycles. The number of nitrogens with one attached hydrogen (secondary N) is 1. The predicted octanol–water partition coefficient (Wildman–Crippen LogP) is 2.62. The molecule has 0 aliphatic carbocycles. The number of hydrogen-bond acceptors (Lipinski definition) is 2. The van der Waals surface area contributed by atoms with Gasteiger partial charge in [0.05, 0.1) is 6.07 Å². The van der Waals surface area contributed by atoms with Gasteiger partial charge in [-0.1, -0.05) is 33.6 Å². The Bertz CT molecular complexity index is 224. The lowest BCUT2D eigenvalue weighted by molar-refractivity contribution is -0.128. The molecule has 3 nitrogen and oxygen atoms in total. The third kappa shape index (κ3) is 3.91. The molecule has 0 rings (SSSR count). The van der Waals surface area contributed by atoms with E-state index in [1.54, 1.807) is 0 Å². The molecule has 15 heavy (non-hydrogen) atoms. The van der Waals surface area contributed by atoms with Crippen molar-refractivity contribution in [3.8, 4) is 6.07 Å². The average Bonchev–Trinajstić information content (AvgIpc) is 2.25. The number of carbonyl (C=O) groups excluding carboxylic acids is 1. The molecule has 0 radical (unpaired) electrons. The van der Waals surface area contributed by atoms with Gasteiger partial charge in [0.25, 0.3) is 0 Å². The van der Waals surface area contributed by atoms with E-state index in [0.717, 1.165) is 19.3 Å². The first-order valence-corrected chi connectivity index (χ1v) is 5.86. The molecule has 3 heteroatoms. The SMILES string of the molecule is CCCNC(=O)C(C#N)(CCC)CCC. The maximum atomic E-state index is 11.9. The fourth-order valence-electron chi connectivity index (χ4n) is 1.78. The number of carbonyl (C=O) groups is 1. The summed E-state index contributed by atoms with van der Waals surface area (Å²) in [6, 6.07) is 2.21. The Morgan fingerprint density at radius 1 is 1.20 bits per heavy atom. The second kappa shape index (κ2) is 7.28. The molecule has 0 atom stereocenters. The highest BCUT2D eigenvalue weighted by Gasteiger charge is 2.36. The van der Waals surface area contributed by atoms with Gasteiger partial charge in [-0.2, -0.15) is 5.26 Å². The van der Waals surface area contributed by atoms with Crippen LogP contribution in [0.3, 0.4) is 0 Å². The van der Waals surface area contributed by atoms with Gasteiger partial charge in [-0.15, -0.1) is 0 Å². The maximum Gasteiger partial charge on any atom is 0.240 e. The van der Waals surface area contributed by atoms with Crippen molar-refractivity contribution in [2.45, 2.75) is 52.9 Å². The summed E-state index contributed by atoms with van der Waals surface area (Å²) < 4.78 is 0. The third-order valence-corrected chi connectivity index (χ3v) is 2.54. The number of nitriles is 1. The Morgan fingerprint density at radius 2 is 1.73 bits per heavy atom. The van der Waals surface area contributed by atoms with Crippen molar-refractivity contribution in [2.75, 3.05) is 6.54 Å². The van der Waals surface area contributed by atoms with E-state index in [4.69, 9.17) is 0 Å². The number of hydrogen-bond donors (Lipinski definition) is 1. The van der Waals surface area contributed by atoms with Gasteiger partial charge in [-0.05, 0) is 19.3 Å². The Kier molecular flexibility index (Phi) is 6.77. The van der Waals surface area contributed by atoms with Crippen LogP contribution in [0.25, 0.3) is 0 Å². The molecular weight excluding hydrogens is 188 g/mol. The van der Waals surface area contributed by atoms with Crippen LogP contribution in [0.2, 0.25) is 0 Å². The lowest BCUT2D eigenvalue weighted by atomic mass is 9.80. The second-order valence-corrected chi connectivity index (χ2v) is 3.95. The molecule has 1 N–H and O–H groups in total. The summed E-state index contributed by atoms with van der Waals surface area (Å²) in [6.45, 7) is 6.69. The summed E-state index contributed by atoms with van der Waals surface area (Å²) in [5.41, 5.74) is -0.793. The molecule has 0 aromatic heterocycles. The molecule has 0 aromatic carbocycles. The van der Waals surface area contributed by atoms with Crippen molar-refractivity contribution in [1.29, 1.82) is 5.26 Å².